The molecule has 0 aliphatic rings. The topological polar surface area (TPSA) is 9.23 Å². The minimum atomic E-state index is -0.769. The van der Waals surface area contributed by atoms with Crippen molar-refractivity contribution in [3.8, 4) is 18.1 Å². The first-order valence-corrected chi connectivity index (χ1v) is 3.77. The fourth-order valence-electron chi connectivity index (χ4n) is 0.959. The summed E-state index contributed by atoms with van der Waals surface area (Å²) in [5.74, 6) is 0.625. The van der Waals surface area contributed by atoms with Gasteiger partial charge < -0.3 is 4.74 Å². The van der Waals surface area contributed by atoms with Crippen molar-refractivity contribution >= 4 is 0 Å². The van der Waals surface area contributed by atoms with E-state index < -0.39 is 11.6 Å². The van der Waals surface area contributed by atoms with E-state index in [0.29, 0.717) is 0 Å². The molecular formula is C10H8F2O. The fourth-order valence-corrected chi connectivity index (χ4v) is 0.959. The van der Waals surface area contributed by atoms with Gasteiger partial charge in [-0.1, -0.05) is 5.92 Å². The number of terminal acetylenes is 1. The Labute approximate surface area is 75.3 Å². The maximum atomic E-state index is 13.0. The zero-order chi connectivity index (χ0) is 9.84. The second-order valence-corrected chi connectivity index (χ2v) is 2.34. The third-order valence-electron chi connectivity index (χ3n) is 1.45. The van der Waals surface area contributed by atoms with Crippen LogP contribution >= 0.6 is 0 Å². The van der Waals surface area contributed by atoms with Crippen molar-refractivity contribution in [2.24, 2.45) is 0 Å². The van der Waals surface area contributed by atoms with Gasteiger partial charge in [-0.15, -0.1) is 6.42 Å². The molecule has 3 heteroatoms. The van der Waals surface area contributed by atoms with Gasteiger partial charge in [-0.3, -0.25) is 0 Å². The lowest BCUT2D eigenvalue weighted by molar-refractivity contribution is 0.319. The first-order chi connectivity index (χ1) is 6.19. The summed E-state index contributed by atoms with van der Waals surface area (Å²) >= 11 is 0. The Balaban J connectivity index is 3.23. The fraction of sp³-hybridized carbons (Fsp3) is 0.200. The van der Waals surface area contributed by atoms with Crippen LogP contribution in [0.5, 0.6) is 5.75 Å². The van der Waals surface area contributed by atoms with Crippen LogP contribution in [0.25, 0.3) is 0 Å². The second kappa shape index (κ2) is 3.90. The Kier molecular flexibility index (Phi) is 2.86. The molecule has 0 bridgehead atoms. The molecule has 13 heavy (non-hydrogen) atoms. The van der Waals surface area contributed by atoms with Crippen LogP contribution in [0.15, 0.2) is 12.1 Å². The Morgan fingerprint density at radius 1 is 1.46 bits per heavy atom. The molecule has 0 heterocycles. The number of hydrogen-bond acceptors (Lipinski definition) is 1. The third kappa shape index (κ3) is 1.97. The number of rotatable bonds is 2. The van der Waals surface area contributed by atoms with Gasteiger partial charge in [-0.05, 0) is 13.0 Å². The quantitative estimate of drug-likeness (QED) is 0.638. The molecule has 0 fully saturated rings. The van der Waals surface area contributed by atoms with Crippen LogP contribution in [0, 0.1) is 24.0 Å². The molecule has 1 aromatic carbocycles. The number of hydrogen-bond donors (Lipinski definition) is 0. The summed E-state index contributed by atoms with van der Waals surface area (Å²) in [6.45, 7) is 1.99. The lowest BCUT2D eigenvalue weighted by atomic mass is 10.2. The van der Waals surface area contributed by atoms with Gasteiger partial charge in [0.1, 0.15) is 5.82 Å². The highest BCUT2D eigenvalue weighted by molar-refractivity contribution is 5.46. The highest BCUT2D eigenvalue weighted by Gasteiger charge is 2.10. The van der Waals surface area contributed by atoms with Crippen molar-refractivity contribution in [3.05, 3.63) is 29.3 Å². The Morgan fingerprint density at radius 2 is 2.15 bits per heavy atom. The molecule has 68 valence electrons. The minimum Gasteiger partial charge on any atom is -0.489 e. The highest BCUT2D eigenvalue weighted by atomic mass is 19.1. The zero-order valence-electron chi connectivity index (χ0n) is 7.10. The maximum absolute atomic E-state index is 13.0. The van der Waals surface area contributed by atoms with E-state index in [9.17, 15) is 8.78 Å². The molecule has 0 N–H and O–H groups in total. The largest absolute Gasteiger partial charge is 0.489 e. The van der Waals surface area contributed by atoms with E-state index in [0.717, 1.165) is 12.1 Å². The molecule has 0 amide bonds. The van der Waals surface area contributed by atoms with E-state index >= 15 is 0 Å². The van der Waals surface area contributed by atoms with Crippen molar-refractivity contribution in [3.63, 3.8) is 0 Å². The van der Waals surface area contributed by atoms with Crippen LogP contribution in [-0.2, 0) is 0 Å². The average molecular weight is 182 g/mol. The molecule has 1 nitrogen and oxygen atoms in total. The molecule has 0 radical (unpaired) electrons. The Hall–Kier alpha value is -1.56. The lowest BCUT2D eigenvalue weighted by Crippen LogP contribution is -1.98. The van der Waals surface area contributed by atoms with Crippen molar-refractivity contribution < 1.29 is 13.5 Å². The second-order valence-electron chi connectivity index (χ2n) is 2.34. The van der Waals surface area contributed by atoms with E-state index in [2.05, 4.69) is 5.92 Å². The smallest absolute Gasteiger partial charge is 0.170 e. The van der Waals surface area contributed by atoms with Gasteiger partial charge in [0.25, 0.3) is 0 Å². The predicted molar refractivity (Wildman–Crippen MR) is 45.5 cm³/mol. The van der Waals surface area contributed by atoms with Gasteiger partial charge in [-0.25, -0.2) is 8.78 Å². The average Bonchev–Trinajstić information content (AvgIpc) is 2.09. The van der Waals surface area contributed by atoms with Crippen LogP contribution in [-0.4, -0.2) is 6.61 Å². The van der Waals surface area contributed by atoms with Crippen LogP contribution in [0.1, 0.15) is 12.5 Å². The maximum Gasteiger partial charge on any atom is 0.170 e. The SMILES string of the molecule is C#Cc1cc(F)cc(F)c1OCC. The van der Waals surface area contributed by atoms with E-state index in [1.54, 1.807) is 6.92 Å². The number of ether oxygens (including phenoxy) is 1. The normalized spacial score (nSPS) is 9.38. The Morgan fingerprint density at radius 3 is 2.69 bits per heavy atom. The van der Waals surface area contributed by atoms with Crippen molar-refractivity contribution in [2.45, 2.75) is 6.92 Å². The Bertz CT molecular complexity index is 353. The molecular weight excluding hydrogens is 174 g/mol. The predicted octanol–water partition coefficient (Wildman–Crippen LogP) is 2.34. The molecule has 0 atom stereocenters. The molecule has 1 aromatic rings. The number of benzene rings is 1. The van der Waals surface area contributed by atoms with Crippen LogP contribution in [0.4, 0.5) is 8.78 Å². The van der Waals surface area contributed by atoms with Crippen molar-refractivity contribution in [2.75, 3.05) is 6.61 Å². The molecule has 0 spiro atoms. The van der Waals surface area contributed by atoms with Gasteiger partial charge >= 0.3 is 0 Å². The van der Waals surface area contributed by atoms with Gasteiger partial charge in [0.05, 0.1) is 12.2 Å². The lowest BCUT2D eigenvalue weighted by Gasteiger charge is -2.06. The molecule has 0 aromatic heterocycles. The van der Waals surface area contributed by atoms with Gasteiger partial charge in [0, 0.05) is 6.07 Å². The number of halogens is 2. The highest BCUT2D eigenvalue weighted by Crippen LogP contribution is 2.23. The summed E-state index contributed by atoms with van der Waals surface area (Å²) in [6.07, 6.45) is 5.06. The summed E-state index contributed by atoms with van der Waals surface area (Å²) in [5, 5.41) is 0. The van der Waals surface area contributed by atoms with Crippen LogP contribution < -0.4 is 4.74 Å². The van der Waals surface area contributed by atoms with Crippen LogP contribution in [0.2, 0.25) is 0 Å². The summed E-state index contributed by atoms with van der Waals surface area (Å²) < 4.78 is 30.6. The standard InChI is InChI=1S/C10H8F2O/c1-3-7-5-8(11)6-9(12)10(7)13-4-2/h1,5-6H,4H2,2H3. The zero-order valence-corrected chi connectivity index (χ0v) is 7.10. The van der Waals surface area contributed by atoms with Gasteiger partial charge in [0.15, 0.2) is 11.6 Å². The van der Waals surface area contributed by atoms with Crippen molar-refractivity contribution in [1.29, 1.82) is 0 Å². The first-order valence-electron chi connectivity index (χ1n) is 3.77. The molecule has 0 aliphatic heterocycles. The first kappa shape index (κ1) is 9.53. The molecule has 0 saturated heterocycles. The van der Waals surface area contributed by atoms with E-state index in [4.69, 9.17) is 11.2 Å². The summed E-state index contributed by atoms with van der Waals surface area (Å²) in [6, 6.07) is 1.81. The summed E-state index contributed by atoms with van der Waals surface area (Å²) in [4.78, 5) is 0. The molecule has 1 rings (SSSR count). The van der Waals surface area contributed by atoms with Crippen molar-refractivity contribution in [1.82, 2.24) is 0 Å². The van der Waals surface area contributed by atoms with Gasteiger partial charge in [0.2, 0.25) is 0 Å². The van der Waals surface area contributed by atoms with Gasteiger partial charge in [-0.2, -0.15) is 0 Å². The van der Waals surface area contributed by atoms with Crippen LogP contribution in [0.3, 0.4) is 0 Å². The third-order valence-corrected chi connectivity index (χ3v) is 1.45. The molecule has 0 saturated carbocycles. The summed E-state index contributed by atoms with van der Waals surface area (Å²) in [5.41, 5.74) is 0.0966. The van der Waals surface area contributed by atoms with E-state index in [1.807, 2.05) is 0 Å². The summed E-state index contributed by atoms with van der Waals surface area (Å²) in [7, 11) is 0. The van der Waals surface area contributed by atoms with E-state index in [1.165, 1.54) is 0 Å². The minimum absolute atomic E-state index is 0.0635. The monoisotopic (exact) mass is 182 g/mol. The molecule has 0 aliphatic carbocycles. The molecule has 0 unspecified atom stereocenters. The van der Waals surface area contributed by atoms with E-state index in [-0.39, 0.29) is 17.9 Å².